The van der Waals surface area contributed by atoms with Gasteiger partial charge in [-0.25, -0.2) is 9.78 Å². The van der Waals surface area contributed by atoms with Gasteiger partial charge in [0.15, 0.2) is 11.8 Å². The molecule has 0 amide bonds. The van der Waals surface area contributed by atoms with Gasteiger partial charge in [0.2, 0.25) is 5.78 Å². The van der Waals surface area contributed by atoms with E-state index >= 15 is 0 Å². The molecular formula is C20H20ClN3O3. The van der Waals surface area contributed by atoms with Crippen LogP contribution >= 0.6 is 11.6 Å². The van der Waals surface area contributed by atoms with Crippen LogP contribution in [0, 0.1) is 13.8 Å². The molecular weight excluding hydrogens is 366 g/mol. The van der Waals surface area contributed by atoms with Crippen LogP contribution in [0.15, 0.2) is 36.5 Å². The zero-order valence-electron chi connectivity index (χ0n) is 15.4. The molecule has 27 heavy (non-hydrogen) atoms. The van der Waals surface area contributed by atoms with E-state index in [1.165, 1.54) is 12.2 Å². The van der Waals surface area contributed by atoms with E-state index in [1.54, 1.807) is 10.6 Å². The second kappa shape index (κ2) is 7.80. The molecule has 0 radical (unpaired) electrons. The summed E-state index contributed by atoms with van der Waals surface area (Å²) < 4.78 is 8.89. The number of nitrogens with zero attached hydrogens (tertiary/aromatic N) is 3. The van der Waals surface area contributed by atoms with E-state index in [1.807, 2.05) is 49.6 Å². The van der Waals surface area contributed by atoms with Gasteiger partial charge in [0, 0.05) is 35.8 Å². The Morgan fingerprint density at radius 1 is 1.30 bits per heavy atom. The Balaban J connectivity index is 1.67. The third kappa shape index (κ3) is 3.80. The van der Waals surface area contributed by atoms with Crippen molar-refractivity contribution in [1.29, 1.82) is 0 Å². The number of aromatic nitrogens is 3. The summed E-state index contributed by atoms with van der Waals surface area (Å²) in [5, 5.41) is 0.285. The van der Waals surface area contributed by atoms with Gasteiger partial charge in [-0.3, -0.25) is 9.20 Å². The molecule has 0 aliphatic heterocycles. The van der Waals surface area contributed by atoms with Gasteiger partial charge < -0.3 is 9.30 Å². The second-order valence-corrected chi connectivity index (χ2v) is 6.47. The van der Waals surface area contributed by atoms with Gasteiger partial charge in [0.05, 0.1) is 5.69 Å². The molecule has 3 aromatic heterocycles. The van der Waals surface area contributed by atoms with Crippen LogP contribution in [-0.2, 0) is 16.1 Å². The van der Waals surface area contributed by atoms with Crippen LogP contribution < -0.4 is 0 Å². The molecule has 3 heterocycles. The van der Waals surface area contributed by atoms with Crippen LogP contribution in [0.2, 0.25) is 5.15 Å². The lowest BCUT2D eigenvalue weighted by Crippen LogP contribution is -2.13. The first kappa shape index (κ1) is 18.9. The fraction of sp³-hybridized carbons (Fsp3) is 0.250. The van der Waals surface area contributed by atoms with Crippen LogP contribution in [0.1, 0.15) is 34.4 Å². The van der Waals surface area contributed by atoms with Gasteiger partial charge in [0.1, 0.15) is 5.65 Å². The molecule has 3 rings (SSSR count). The smallest absolute Gasteiger partial charge is 0.331 e. The number of carbonyl (C=O) groups excluding carboxylic acids is 2. The van der Waals surface area contributed by atoms with Gasteiger partial charge in [0.25, 0.3) is 0 Å². The van der Waals surface area contributed by atoms with Crippen LogP contribution in [-0.4, -0.2) is 32.3 Å². The highest BCUT2D eigenvalue weighted by molar-refractivity contribution is 6.31. The quantitative estimate of drug-likeness (QED) is 0.367. The van der Waals surface area contributed by atoms with E-state index in [0.717, 1.165) is 17.9 Å². The average molecular weight is 386 g/mol. The Morgan fingerprint density at radius 2 is 2.07 bits per heavy atom. The predicted octanol–water partition coefficient (Wildman–Crippen LogP) is 3.87. The van der Waals surface area contributed by atoms with E-state index in [0.29, 0.717) is 16.9 Å². The molecule has 3 aromatic rings. The number of hydrogen-bond donors (Lipinski definition) is 0. The third-order valence-electron chi connectivity index (χ3n) is 4.44. The van der Waals surface area contributed by atoms with E-state index in [4.69, 9.17) is 16.3 Å². The van der Waals surface area contributed by atoms with Gasteiger partial charge in [-0.1, -0.05) is 17.7 Å². The SMILES string of the molecule is CCn1c(C)cc(C(=O)COC(=O)/C=C/c2c(Cl)nc3ccccn23)c1C. The lowest BCUT2D eigenvalue weighted by molar-refractivity contribution is -0.136. The fourth-order valence-corrected chi connectivity index (χ4v) is 3.36. The van der Waals surface area contributed by atoms with Gasteiger partial charge in [-0.15, -0.1) is 0 Å². The van der Waals surface area contributed by atoms with Crippen molar-refractivity contribution in [2.75, 3.05) is 6.61 Å². The summed E-state index contributed by atoms with van der Waals surface area (Å²) in [5.74, 6) is -0.841. The molecule has 7 heteroatoms. The standard InChI is InChI=1S/C20H20ClN3O3/c1-4-23-13(2)11-15(14(23)3)17(25)12-27-19(26)9-8-16-20(21)22-18-7-5-6-10-24(16)18/h5-11H,4,12H2,1-3H3/b9-8+. The summed E-state index contributed by atoms with van der Waals surface area (Å²) in [6.45, 7) is 6.33. The molecule has 6 nitrogen and oxygen atoms in total. The summed E-state index contributed by atoms with van der Waals surface area (Å²) in [7, 11) is 0. The van der Waals surface area contributed by atoms with Gasteiger partial charge >= 0.3 is 5.97 Å². The predicted molar refractivity (Wildman–Crippen MR) is 104 cm³/mol. The van der Waals surface area contributed by atoms with Crippen molar-refractivity contribution in [2.45, 2.75) is 27.3 Å². The normalized spacial score (nSPS) is 11.4. The largest absolute Gasteiger partial charge is 0.454 e. The highest BCUT2D eigenvalue weighted by atomic mass is 35.5. The minimum atomic E-state index is -0.616. The Labute approximate surface area is 162 Å². The number of ether oxygens (including phenoxy) is 1. The van der Waals surface area contributed by atoms with Crippen LogP contribution in [0.3, 0.4) is 0 Å². The number of ketones is 1. The minimum Gasteiger partial charge on any atom is -0.454 e. The highest BCUT2D eigenvalue weighted by Gasteiger charge is 2.16. The minimum absolute atomic E-state index is 0.225. The van der Waals surface area contributed by atoms with Crippen molar-refractivity contribution >= 4 is 35.1 Å². The Kier molecular flexibility index (Phi) is 5.46. The number of imidazole rings is 1. The maximum absolute atomic E-state index is 12.4. The highest BCUT2D eigenvalue weighted by Crippen LogP contribution is 2.19. The molecule has 0 saturated carbocycles. The number of Topliss-reactive ketones (excluding diaryl/α,β-unsaturated/α-hetero) is 1. The van der Waals surface area contributed by atoms with Crippen molar-refractivity contribution in [3.05, 3.63) is 64.3 Å². The first-order valence-corrected chi connectivity index (χ1v) is 8.97. The lowest BCUT2D eigenvalue weighted by atomic mass is 10.1. The number of pyridine rings is 1. The maximum atomic E-state index is 12.4. The molecule has 0 bridgehead atoms. The molecule has 0 atom stereocenters. The summed E-state index contributed by atoms with van der Waals surface area (Å²) >= 11 is 6.12. The number of halogens is 1. The van der Waals surface area contributed by atoms with Crippen molar-refractivity contribution < 1.29 is 14.3 Å². The summed E-state index contributed by atoms with van der Waals surface area (Å²) in [5.41, 5.74) is 3.71. The maximum Gasteiger partial charge on any atom is 0.331 e. The van der Waals surface area contributed by atoms with Crippen LogP contribution in [0.5, 0.6) is 0 Å². The van der Waals surface area contributed by atoms with Crippen LogP contribution in [0.25, 0.3) is 11.7 Å². The topological polar surface area (TPSA) is 65.6 Å². The zero-order valence-corrected chi connectivity index (χ0v) is 16.2. The van der Waals surface area contributed by atoms with E-state index in [2.05, 4.69) is 4.98 Å². The van der Waals surface area contributed by atoms with Gasteiger partial charge in [-0.05, 0) is 45.0 Å². The molecule has 0 fully saturated rings. The van der Waals surface area contributed by atoms with E-state index in [-0.39, 0.29) is 17.5 Å². The first-order valence-electron chi connectivity index (χ1n) is 8.59. The van der Waals surface area contributed by atoms with Crippen LogP contribution in [0.4, 0.5) is 0 Å². The fourth-order valence-electron chi connectivity index (χ4n) is 3.11. The summed E-state index contributed by atoms with van der Waals surface area (Å²) in [4.78, 5) is 28.6. The van der Waals surface area contributed by atoms with Crippen molar-refractivity contribution in [3.8, 4) is 0 Å². The Bertz CT molecular complexity index is 1050. The lowest BCUT2D eigenvalue weighted by Gasteiger charge is -2.05. The van der Waals surface area contributed by atoms with Crippen molar-refractivity contribution in [1.82, 2.24) is 14.0 Å². The van der Waals surface area contributed by atoms with Gasteiger partial charge in [-0.2, -0.15) is 0 Å². The van der Waals surface area contributed by atoms with Crippen molar-refractivity contribution in [2.24, 2.45) is 0 Å². The molecule has 0 unspecified atom stereocenters. The molecule has 0 aliphatic rings. The second-order valence-electron chi connectivity index (χ2n) is 6.11. The van der Waals surface area contributed by atoms with E-state index in [9.17, 15) is 9.59 Å². The summed E-state index contributed by atoms with van der Waals surface area (Å²) in [6.07, 6.45) is 4.56. The number of fused-ring (bicyclic) bond motifs is 1. The Morgan fingerprint density at radius 3 is 2.78 bits per heavy atom. The van der Waals surface area contributed by atoms with Crippen molar-refractivity contribution in [3.63, 3.8) is 0 Å². The molecule has 0 aromatic carbocycles. The molecule has 0 saturated heterocycles. The Hall–Kier alpha value is -2.86. The summed E-state index contributed by atoms with van der Waals surface area (Å²) in [6, 6.07) is 7.32. The molecule has 0 spiro atoms. The number of carbonyl (C=O) groups is 2. The number of aryl methyl sites for hydroxylation is 1. The first-order chi connectivity index (χ1) is 12.9. The zero-order chi connectivity index (χ0) is 19.6. The van der Waals surface area contributed by atoms with E-state index < -0.39 is 5.97 Å². The number of hydrogen-bond acceptors (Lipinski definition) is 4. The average Bonchev–Trinajstić information content (AvgIpc) is 3.12. The molecule has 0 aliphatic carbocycles. The monoisotopic (exact) mass is 385 g/mol. The third-order valence-corrected chi connectivity index (χ3v) is 4.71. The number of esters is 1. The number of rotatable bonds is 6. The molecule has 0 N–H and O–H groups in total. The molecule has 140 valence electrons.